The number of methoxy groups -OCH3 is 2. The highest BCUT2D eigenvalue weighted by Crippen LogP contribution is 2.27. The molecule has 2 rings (SSSR count). The van der Waals surface area contributed by atoms with Crippen LogP contribution in [0.25, 0.3) is 6.08 Å². The lowest BCUT2D eigenvalue weighted by Crippen LogP contribution is -2.30. The SMILES string of the molecule is COc1ccc(CCNC(=O)COC(=O)/C=C/c2ccc(C(C)C)cc2)cc1OC. The van der Waals surface area contributed by atoms with Crippen LogP contribution in [0.3, 0.4) is 0 Å². The number of carbonyl (C=O) groups is 2. The second kappa shape index (κ2) is 11.7. The molecule has 6 heteroatoms. The van der Waals surface area contributed by atoms with Crippen molar-refractivity contribution in [2.75, 3.05) is 27.4 Å². The van der Waals surface area contributed by atoms with Crippen LogP contribution in [0.2, 0.25) is 0 Å². The van der Waals surface area contributed by atoms with Gasteiger partial charge in [0.05, 0.1) is 14.2 Å². The zero-order valence-corrected chi connectivity index (χ0v) is 17.9. The molecule has 2 aromatic carbocycles. The summed E-state index contributed by atoms with van der Waals surface area (Å²) in [6.07, 6.45) is 3.61. The predicted octanol–water partition coefficient (Wildman–Crippen LogP) is 3.74. The Bertz CT molecular complexity index is 872. The maximum absolute atomic E-state index is 11.9. The molecule has 1 N–H and O–H groups in total. The first-order valence-electron chi connectivity index (χ1n) is 9.85. The molecule has 0 spiro atoms. The van der Waals surface area contributed by atoms with Crippen LogP contribution >= 0.6 is 0 Å². The van der Waals surface area contributed by atoms with Crippen molar-refractivity contribution in [1.29, 1.82) is 0 Å². The van der Waals surface area contributed by atoms with Crippen molar-refractivity contribution in [3.8, 4) is 11.5 Å². The van der Waals surface area contributed by atoms with Crippen molar-refractivity contribution in [3.05, 3.63) is 65.2 Å². The summed E-state index contributed by atoms with van der Waals surface area (Å²) in [5, 5.41) is 2.73. The second-order valence-corrected chi connectivity index (χ2v) is 7.05. The van der Waals surface area contributed by atoms with Gasteiger partial charge in [-0.2, -0.15) is 0 Å². The van der Waals surface area contributed by atoms with Crippen molar-refractivity contribution in [2.45, 2.75) is 26.2 Å². The van der Waals surface area contributed by atoms with E-state index in [9.17, 15) is 9.59 Å². The summed E-state index contributed by atoms with van der Waals surface area (Å²) in [5.74, 6) is 0.844. The topological polar surface area (TPSA) is 73.9 Å². The van der Waals surface area contributed by atoms with Gasteiger partial charge in [0, 0.05) is 12.6 Å². The van der Waals surface area contributed by atoms with Gasteiger partial charge in [0.1, 0.15) is 0 Å². The fourth-order valence-corrected chi connectivity index (χ4v) is 2.77. The van der Waals surface area contributed by atoms with Crippen molar-refractivity contribution in [2.24, 2.45) is 0 Å². The molecule has 0 fully saturated rings. The van der Waals surface area contributed by atoms with Crippen molar-refractivity contribution in [1.82, 2.24) is 5.32 Å². The van der Waals surface area contributed by atoms with Crippen LogP contribution in [0.4, 0.5) is 0 Å². The molecule has 30 heavy (non-hydrogen) atoms. The van der Waals surface area contributed by atoms with Crippen molar-refractivity contribution in [3.63, 3.8) is 0 Å². The number of carbonyl (C=O) groups excluding carboxylic acids is 2. The Morgan fingerprint density at radius 3 is 2.33 bits per heavy atom. The first kappa shape index (κ1) is 23.0. The van der Waals surface area contributed by atoms with E-state index in [0.717, 1.165) is 11.1 Å². The van der Waals surface area contributed by atoms with E-state index in [0.29, 0.717) is 30.4 Å². The summed E-state index contributed by atoms with van der Waals surface area (Å²) < 4.78 is 15.4. The summed E-state index contributed by atoms with van der Waals surface area (Å²) in [4.78, 5) is 23.7. The average Bonchev–Trinajstić information content (AvgIpc) is 2.76. The summed E-state index contributed by atoms with van der Waals surface area (Å²) in [6, 6.07) is 13.5. The van der Waals surface area contributed by atoms with E-state index in [1.807, 2.05) is 42.5 Å². The second-order valence-electron chi connectivity index (χ2n) is 7.05. The quantitative estimate of drug-likeness (QED) is 0.476. The van der Waals surface area contributed by atoms with E-state index in [2.05, 4.69) is 19.2 Å². The molecular formula is C24H29NO5. The lowest BCUT2D eigenvalue weighted by molar-refractivity contribution is -0.143. The maximum atomic E-state index is 11.9. The molecule has 0 heterocycles. The molecule has 0 bridgehead atoms. The Kier molecular flexibility index (Phi) is 8.94. The monoisotopic (exact) mass is 411 g/mol. The third-order valence-electron chi connectivity index (χ3n) is 4.54. The summed E-state index contributed by atoms with van der Waals surface area (Å²) >= 11 is 0. The number of hydrogen-bond donors (Lipinski definition) is 1. The van der Waals surface area contributed by atoms with E-state index < -0.39 is 5.97 Å². The minimum absolute atomic E-state index is 0.318. The fraction of sp³-hybridized carbons (Fsp3) is 0.333. The smallest absolute Gasteiger partial charge is 0.331 e. The van der Waals surface area contributed by atoms with Crippen LogP contribution < -0.4 is 14.8 Å². The molecule has 0 aliphatic carbocycles. The van der Waals surface area contributed by atoms with Gasteiger partial charge in [-0.05, 0) is 47.2 Å². The highest BCUT2D eigenvalue weighted by molar-refractivity contribution is 5.89. The zero-order chi connectivity index (χ0) is 21.9. The Hall–Kier alpha value is -3.28. The van der Waals surface area contributed by atoms with Crippen LogP contribution in [0.5, 0.6) is 11.5 Å². The standard InChI is InChI=1S/C24H29NO5/c1-17(2)20-9-5-18(6-10-20)8-12-24(27)30-16-23(26)25-14-13-19-7-11-21(28-3)22(15-19)29-4/h5-12,15,17H,13-14,16H2,1-4H3,(H,25,26)/b12-8+. The fourth-order valence-electron chi connectivity index (χ4n) is 2.77. The van der Waals surface area contributed by atoms with Gasteiger partial charge in [-0.15, -0.1) is 0 Å². The van der Waals surface area contributed by atoms with Crippen LogP contribution in [0, 0.1) is 0 Å². The zero-order valence-electron chi connectivity index (χ0n) is 17.9. The number of amides is 1. The van der Waals surface area contributed by atoms with Crippen LogP contribution in [-0.4, -0.2) is 39.2 Å². The first-order chi connectivity index (χ1) is 14.4. The molecule has 0 radical (unpaired) electrons. The maximum Gasteiger partial charge on any atom is 0.331 e. The Morgan fingerprint density at radius 1 is 1.00 bits per heavy atom. The molecule has 0 saturated carbocycles. The number of hydrogen-bond acceptors (Lipinski definition) is 5. The molecule has 0 atom stereocenters. The van der Waals surface area contributed by atoms with Gasteiger partial charge >= 0.3 is 5.97 Å². The highest BCUT2D eigenvalue weighted by Gasteiger charge is 2.07. The number of nitrogens with one attached hydrogen (secondary N) is 1. The molecule has 2 aromatic rings. The molecule has 0 aliphatic rings. The van der Waals surface area contributed by atoms with E-state index in [-0.39, 0.29) is 12.5 Å². The predicted molar refractivity (Wildman–Crippen MR) is 117 cm³/mol. The van der Waals surface area contributed by atoms with Gasteiger partial charge in [0.25, 0.3) is 5.91 Å². The van der Waals surface area contributed by atoms with Gasteiger partial charge in [-0.3, -0.25) is 4.79 Å². The van der Waals surface area contributed by atoms with Crippen LogP contribution in [0.1, 0.15) is 36.5 Å². The number of esters is 1. The summed E-state index contributed by atoms with van der Waals surface area (Å²) in [6.45, 7) is 4.35. The molecule has 6 nitrogen and oxygen atoms in total. The minimum atomic E-state index is -0.557. The van der Waals surface area contributed by atoms with E-state index in [1.54, 1.807) is 20.3 Å². The molecular weight excluding hydrogens is 382 g/mol. The van der Waals surface area contributed by atoms with E-state index in [4.69, 9.17) is 14.2 Å². The van der Waals surface area contributed by atoms with Gasteiger partial charge in [-0.1, -0.05) is 44.2 Å². The molecule has 0 unspecified atom stereocenters. The number of ether oxygens (including phenoxy) is 3. The minimum Gasteiger partial charge on any atom is -0.493 e. The third-order valence-corrected chi connectivity index (χ3v) is 4.54. The lowest BCUT2D eigenvalue weighted by Gasteiger charge is -2.10. The summed E-state index contributed by atoms with van der Waals surface area (Å²) in [7, 11) is 3.16. The third kappa shape index (κ3) is 7.28. The molecule has 0 aromatic heterocycles. The van der Waals surface area contributed by atoms with Crippen molar-refractivity contribution < 1.29 is 23.8 Å². The van der Waals surface area contributed by atoms with Gasteiger partial charge in [0.2, 0.25) is 0 Å². The van der Waals surface area contributed by atoms with E-state index in [1.165, 1.54) is 11.6 Å². The highest BCUT2D eigenvalue weighted by atomic mass is 16.5. The van der Waals surface area contributed by atoms with Crippen molar-refractivity contribution >= 4 is 18.0 Å². The van der Waals surface area contributed by atoms with E-state index >= 15 is 0 Å². The van der Waals surface area contributed by atoms with Gasteiger partial charge < -0.3 is 19.5 Å². The number of rotatable bonds is 10. The van der Waals surface area contributed by atoms with Crippen LogP contribution in [0.15, 0.2) is 48.5 Å². The molecule has 0 aliphatic heterocycles. The summed E-state index contributed by atoms with van der Waals surface area (Å²) in [5.41, 5.74) is 3.13. The Labute approximate surface area is 177 Å². The van der Waals surface area contributed by atoms with Gasteiger partial charge in [0.15, 0.2) is 18.1 Å². The Morgan fingerprint density at radius 2 is 1.70 bits per heavy atom. The largest absolute Gasteiger partial charge is 0.493 e. The van der Waals surface area contributed by atoms with Crippen LogP contribution in [-0.2, 0) is 20.7 Å². The van der Waals surface area contributed by atoms with Gasteiger partial charge in [-0.25, -0.2) is 4.79 Å². The molecule has 160 valence electrons. The molecule has 1 amide bonds. The lowest BCUT2D eigenvalue weighted by atomic mass is 10.0. The number of benzene rings is 2. The average molecular weight is 411 g/mol. The first-order valence-corrected chi connectivity index (χ1v) is 9.85. The Balaban J connectivity index is 1.72. The normalized spacial score (nSPS) is 10.8. The molecule has 0 saturated heterocycles.